The molecule has 1 aromatic rings. The highest BCUT2D eigenvalue weighted by Crippen LogP contribution is 2.20. The molecule has 0 unspecified atom stereocenters. The van der Waals surface area contributed by atoms with Gasteiger partial charge in [-0.15, -0.1) is 0 Å². The summed E-state index contributed by atoms with van der Waals surface area (Å²) in [4.78, 5) is 22.9. The highest BCUT2D eigenvalue weighted by Gasteiger charge is 2.17. The van der Waals surface area contributed by atoms with E-state index in [9.17, 15) is 9.59 Å². The van der Waals surface area contributed by atoms with Crippen molar-refractivity contribution in [2.24, 2.45) is 0 Å². The van der Waals surface area contributed by atoms with Gasteiger partial charge in [0.2, 0.25) is 5.91 Å². The number of carbonyl (C=O) groups excluding carboxylic acids is 2. The van der Waals surface area contributed by atoms with Crippen LogP contribution in [0.15, 0.2) is 18.2 Å². The molecule has 0 bridgehead atoms. The van der Waals surface area contributed by atoms with Gasteiger partial charge in [-0.05, 0) is 43.5 Å². The van der Waals surface area contributed by atoms with E-state index in [1.165, 1.54) is 19.8 Å². The Kier molecular flexibility index (Phi) is 4.61. The second-order valence-corrected chi connectivity index (χ2v) is 5.29. The van der Waals surface area contributed by atoms with Crippen molar-refractivity contribution in [3.05, 3.63) is 23.8 Å². The predicted octanol–water partition coefficient (Wildman–Crippen LogP) is 3.02. The number of rotatable bonds is 3. The third-order valence-electron chi connectivity index (χ3n) is 3.49. The molecule has 1 fully saturated rings. The molecule has 1 aromatic carbocycles. The zero-order chi connectivity index (χ0) is 14.5. The Morgan fingerprint density at radius 1 is 1.15 bits per heavy atom. The Labute approximate surface area is 119 Å². The first kappa shape index (κ1) is 14.4. The number of anilines is 2. The molecule has 0 heterocycles. The van der Waals surface area contributed by atoms with Gasteiger partial charge in [-0.1, -0.05) is 12.8 Å². The molecular formula is C15H21N3O2. The molecule has 0 radical (unpaired) electrons. The standard InChI is InChI=1S/C15H21N3O2/c1-10-9-13(7-8-14(10)16-11(2)19)18-15(20)17-12-5-3-4-6-12/h7-9,12H,3-6H2,1-2H3,(H,16,19)(H2,17,18,20). The van der Waals surface area contributed by atoms with Crippen LogP contribution >= 0.6 is 0 Å². The van der Waals surface area contributed by atoms with Crippen LogP contribution in [-0.2, 0) is 4.79 Å². The van der Waals surface area contributed by atoms with E-state index in [1.54, 1.807) is 12.1 Å². The van der Waals surface area contributed by atoms with Crippen LogP contribution < -0.4 is 16.0 Å². The summed E-state index contributed by atoms with van der Waals surface area (Å²) in [6.45, 7) is 3.37. The lowest BCUT2D eigenvalue weighted by atomic mass is 10.1. The Bertz CT molecular complexity index is 508. The highest BCUT2D eigenvalue weighted by molar-refractivity contribution is 5.92. The number of benzene rings is 1. The van der Waals surface area contributed by atoms with Crippen LogP contribution in [-0.4, -0.2) is 18.0 Å². The highest BCUT2D eigenvalue weighted by atomic mass is 16.2. The Morgan fingerprint density at radius 3 is 2.45 bits per heavy atom. The maximum Gasteiger partial charge on any atom is 0.319 e. The molecule has 108 valence electrons. The van der Waals surface area contributed by atoms with Gasteiger partial charge in [0.15, 0.2) is 0 Å². The maximum atomic E-state index is 11.9. The normalized spacial score (nSPS) is 14.9. The third kappa shape index (κ3) is 3.98. The molecule has 0 aromatic heterocycles. The van der Waals surface area contributed by atoms with Crippen LogP contribution in [0.25, 0.3) is 0 Å². The molecule has 1 aliphatic rings. The van der Waals surface area contributed by atoms with Gasteiger partial charge in [0, 0.05) is 24.3 Å². The smallest absolute Gasteiger partial charge is 0.319 e. The third-order valence-corrected chi connectivity index (χ3v) is 3.49. The quantitative estimate of drug-likeness (QED) is 0.793. The molecular weight excluding hydrogens is 254 g/mol. The van der Waals surface area contributed by atoms with Crippen LogP contribution in [0.1, 0.15) is 38.2 Å². The van der Waals surface area contributed by atoms with Crippen LogP contribution in [0.5, 0.6) is 0 Å². The first-order valence-electron chi connectivity index (χ1n) is 7.00. The Balaban J connectivity index is 1.93. The van der Waals surface area contributed by atoms with Crippen molar-refractivity contribution >= 4 is 23.3 Å². The summed E-state index contributed by atoms with van der Waals surface area (Å²) in [6, 6.07) is 5.56. The molecule has 0 saturated heterocycles. The molecule has 0 aliphatic heterocycles. The van der Waals surface area contributed by atoms with Crippen molar-refractivity contribution in [2.75, 3.05) is 10.6 Å². The van der Waals surface area contributed by atoms with E-state index in [0.29, 0.717) is 6.04 Å². The van der Waals surface area contributed by atoms with Crippen molar-refractivity contribution in [1.29, 1.82) is 0 Å². The molecule has 20 heavy (non-hydrogen) atoms. The van der Waals surface area contributed by atoms with Gasteiger partial charge in [0.25, 0.3) is 0 Å². The Morgan fingerprint density at radius 2 is 1.85 bits per heavy atom. The molecule has 1 saturated carbocycles. The number of hydrogen-bond donors (Lipinski definition) is 3. The summed E-state index contributed by atoms with van der Waals surface area (Å²) in [5.74, 6) is -0.104. The van der Waals surface area contributed by atoms with Crippen LogP contribution in [0.4, 0.5) is 16.2 Å². The number of amides is 3. The fraction of sp³-hybridized carbons (Fsp3) is 0.467. The second-order valence-electron chi connectivity index (χ2n) is 5.29. The first-order chi connectivity index (χ1) is 9.54. The van der Waals surface area contributed by atoms with Crippen molar-refractivity contribution in [3.8, 4) is 0 Å². The minimum atomic E-state index is -0.163. The van der Waals surface area contributed by atoms with E-state index in [2.05, 4.69) is 16.0 Å². The van der Waals surface area contributed by atoms with Gasteiger partial charge in [-0.25, -0.2) is 4.79 Å². The maximum absolute atomic E-state index is 11.9. The molecule has 5 nitrogen and oxygen atoms in total. The SMILES string of the molecule is CC(=O)Nc1ccc(NC(=O)NC2CCCC2)cc1C. The summed E-state index contributed by atoms with van der Waals surface area (Å²) in [7, 11) is 0. The molecule has 2 rings (SSSR count). The van der Waals surface area contributed by atoms with E-state index in [4.69, 9.17) is 0 Å². The number of hydrogen-bond acceptors (Lipinski definition) is 2. The van der Waals surface area contributed by atoms with E-state index in [0.717, 1.165) is 29.8 Å². The van der Waals surface area contributed by atoms with Gasteiger partial charge >= 0.3 is 6.03 Å². The fourth-order valence-electron chi connectivity index (χ4n) is 2.49. The van der Waals surface area contributed by atoms with Gasteiger partial charge in [-0.2, -0.15) is 0 Å². The average Bonchev–Trinajstić information content (AvgIpc) is 2.85. The monoisotopic (exact) mass is 275 g/mol. The van der Waals surface area contributed by atoms with Crippen molar-refractivity contribution in [3.63, 3.8) is 0 Å². The Hall–Kier alpha value is -2.04. The van der Waals surface area contributed by atoms with Crippen LogP contribution in [0.3, 0.4) is 0 Å². The predicted molar refractivity (Wildman–Crippen MR) is 79.9 cm³/mol. The van der Waals surface area contributed by atoms with Crippen molar-refractivity contribution in [2.45, 2.75) is 45.6 Å². The number of carbonyl (C=O) groups is 2. The van der Waals surface area contributed by atoms with Gasteiger partial charge < -0.3 is 16.0 Å². The molecule has 1 aliphatic carbocycles. The minimum Gasteiger partial charge on any atom is -0.335 e. The second kappa shape index (κ2) is 6.41. The lowest BCUT2D eigenvalue weighted by Gasteiger charge is -2.14. The van der Waals surface area contributed by atoms with E-state index >= 15 is 0 Å². The topological polar surface area (TPSA) is 70.2 Å². The first-order valence-corrected chi connectivity index (χ1v) is 7.00. The summed E-state index contributed by atoms with van der Waals surface area (Å²) in [5.41, 5.74) is 2.41. The lowest BCUT2D eigenvalue weighted by molar-refractivity contribution is -0.114. The zero-order valence-corrected chi connectivity index (χ0v) is 12.0. The molecule has 3 amide bonds. The molecule has 3 N–H and O–H groups in total. The summed E-state index contributed by atoms with van der Waals surface area (Å²) < 4.78 is 0. The molecule has 0 atom stereocenters. The van der Waals surface area contributed by atoms with E-state index in [1.807, 2.05) is 13.0 Å². The molecule has 0 spiro atoms. The average molecular weight is 275 g/mol. The van der Waals surface area contributed by atoms with E-state index < -0.39 is 0 Å². The van der Waals surface area contributed by atoms with Gasteiger partial charge in [-0.3, -0.25) is 4.79 Å². The lowest BCUT2D eigenvalue weighted by Crippen LogP contribution is -2.36. The van der Waals surface area contributed by atoms with Crippen molar-refractivity contribution in [1.82, 2.24) is 5.32 Å². The van der Waals surface area contributed by atoms with Crippen molar-refractivity contribution < 1.29 is 9.59 Å². The zero-order valence-electron chi connectivity index (χ0n) is 12.0. The van der Waals surface area contributed by atoms with Gasteiger partial charge in [0.1, 0.15) is 0 Å². The largest absolute Gasteiger partial charge is 0.335 e. The summed E-state index contributed by atoms with van der Waals surface area (Å²) in [6.07, 6.45) is 4.51. The minimum absolute atomic E-state index is 0.104. The van der Waals surface area contributed by atoms with Gasteiger partial charge in [0.05, 0.1) is 0 Å². The number of urea groups is 1. The van der Waals surface area contributed by atoms with Crippen LogP contribution in [0, 0.1) is 6.92 Å². The fourth-order valence-corrected chi connectivity index (χ4v) is 2.49. The summed E-state index contributed by atoms with van der Waals surface area (Å²) in [5, 5.41) is 8.55. The van der Waals surface area contributed by atoms with E-state index in [-0.39, 0.29) is 11.9 Å². The number of aryl methyl sites for hydroxylation is 1. The molecule has 5 heteroatoms. The number of nitrogens with one attached hydrogen (secondary N) is 3. The summed E-state index contributed by atoms with van der Waals surface area (Å²) >= 11 is 0. The van der Waals surface area contributed by atoms with Crippen LogP contribution in [0.2, 0.25) is 0 Å².